The molecule has 2 aromatic carbocycles. The van der Waals surface area contributed by atoms with Crippen molar-refractivity contribution in [2.45, 2.75) is 6.18 Å². The first-order valence-electron chi connectivity index (χ1n) is 8.83. The van der Waals surface area contributed by atoms with Crippen LogP contribution in [0.25, 0.3) is 0 Å². The molecule has 0 saturated carbocycles. The topological polar surface area (TPSA) is 89.8 Å². The van der Waals surface area contributed by atoms with Crippen LogP contribution in [0.4, 0.5) is 18.9 Å². The maximum atomic E-state index is 12.6. The maximum Gasteiger partial charge on any atom is 0.416 e. The Kier molecular flexibility index (Phi) is 5.91. The number of carboxylic acid groups (broad SMARTS) is 1. The third kappa shape index (κ3) is 4.80. The molecule has 1 amide bonds. The van der Waals surface area contributed by atoms with Crippen LogP contribution >= 0.6 is 0 Å². The minimum Gasteiger partial charge on any atom is -0.493 e. The van der Waals surface area contributed by atoms with Crippen molar-refractivity contribution >= 4 is 17.6 Å². The van der Waals surface area contributed by atoms with E-state index in [1.807, 2.05) is 0 Å². The van der Waals surface area contributed by atoms with Crippen LogP contribution in [0.3, 0.4) is 0 Å². The van der Waals surface area contributed by atoms with Gasteiger partial charge in [-0.1, -0.05) is 0 Å². The summed E-state index contributed by atoms with van der Waals surface area (Å²) in [7, 11) is 2.75. The van der Waals surface area contributed by atoms with Gasteiger partial charge in [0.15, 0.2) is 11.4 Å². The summed E-state index contributed by atoms with van der Waals surface area (Å²) in [6, 6.07) is 10.4. The summed E-state index contributed by atoms with van der Waals surface area (Å²) in [5.41, 5.74) is -0.492. The lowest BCUT2D eigenvalue weighted by molar-refractivity contribution is -0.137. The highest BCUT2D eigenvalue weighted by atomic mass is 19.4. The molecule has 10 heteroatoms. The molecule has 0 aliphatic carbocycles. The molecule has 0 atom stereocenters. The molecule has 162 valence electrons. The van der Waals surface area contributed by atoms with Gasteiger partial charge < -0.3 is 24.5 Å². The first-order valence-corrected chi connectivity index (χ1v) is 8.83. The SMILES string of the molecule is COc1c(C(=O)Nc2ccc(Oc3ccc(C(F)(F)F)cc3)cc2)cn(C)c1C(=O)O. The van der Waals surface area contributed by atoms with E-state index in [-0.39, 0.29) is 22.8 Å². The molecule has 2 N–H and O–H groups in total. The van der Waals surface area contributed by atoms with Crippen molar-refractivity contribution in [1.29, 1.82) is 0 Å². The average molecular weight is 434 g/mol. The van der Waals surface area contributed by atoms with Gasteiger partial charge in [-0.25, -0.2) is 4.79 Å². The number of methoxy groups -OCH3 is 1. The van der Waals surface area contributed by atoms with Crippen LogP contribution in [0.5, 0.6) is 17.2 Å². The zero-order valence-corrected chi connectivity index (χ0v) is 16.4. The number of hydrogen-bond acceptors (Lipinski definition) is 4. The van der Waals surface area contributed by atoms with E-state index >= 15 is 0 Å². The predicted octanol–water partition coefficient (Wildman–Crippen LogP) is 4.80. The molecule has 0 radical (unpaired) electrons. The van der Waals surface area contributed by atoms with Crippen molar-refractivity contribution in [2.75, 3.05) is 12.4 Å². The van der Waals surface area contributed by atoms with Crippen molar-refractivity contribution in [3.05, 3.63) is 71.5 Å². The number of amides is 1. The molecule has 0 fully saturated rings. The van der Waals surface area contributed by atoms with Crippen molar-refractivity contribution in [3.8, 4) is 17.2 Å². The number of ether oxygens (including phenoxy) is 2. The first-order chi connectivity index (χ1) is 14.6. The number of halogens is 3. The molecule has 0 aliphatic rings. The van der Waals surface area contributed by atoms with Gasteiger partial charge in [-0.3, -0.25) is 4.79 Å². The Labute approximate surface area is 174 Å². The molecular formula is C21H17F3N2O5. The van der Waals surface area contributed by atoms with Crippen LogP contribution < -0.4 is 14.8 Å². The molecule has 0 spiro atoms. The van der Waals surface area contributed by atoms with Crippen LogP contribution in [0.1, 0.15) is 26.4 Å². The summed E-state index contributed by atoms with van der Waals surface area (Å²) < 4.78 is 49.7. The highest BCUT2D eigenvalue weighted by molar-refractivity contribution is 6.08. The Morgan fingerprint density at radius 2 is 1.55 bits per heavy atom. The second-order valence-corrected chi connectivity index (χ2v) is 6.44. The molecular weight excluding hydrogens is 417 g/mol. The van der Waals surface area contributed by atoms with Gasteiger partial charge in [0.1, 0.15) is 17.1 Å². The van der Waals surface area contributed by atoms with Crippen LogP contribution in [-0.2, 0) is 13.2 Å². The highest BCUT2D eigenvalue weighted by Crippen LogP contribution is 2.32. The molecule has 1 aromatic heterocycles. The lowest BCUT2D eigenvalue weighted by Crippen LogP contribution is -2.12. The fraction of sp³-hybridized carbons (Fsp3) is 0.143. The van der Waals surface area contributed by atoms with Crippen LogP contribution in [0.15, 0.2) is 54.7 Å². The number of nitrogens with zero attached hydrogens (tertiary/aromatic N) is 1. The van der Waals surface area contributed by atoms with Crippen molar-refractivity contribution < 1.29 is 37.3 Å². The Morgan fingerprint density at radius 3 is 2.03 bits per heavy atom. The maximum absolute atomic E-state index is 12.6. The van der Waals surface area contributed by atoms with Crippen LogP contribution in [-0.4, -0.2) is 28.7 Å². The van der Waals surface area contributed by atoms with Gasteiger partial charge in [0.25, 0.3) is 5.91 Å². The number of carbonyl (C=O) groups excluding carboxylic acids is 1. The van der Waals surface area contributed by atoms with Crippen molar-refractivity contribution in [3.63, 3.8) is 0 Å². The molecule has 7 nitrogen and oxygen atoms in total. The van der Waals surface area contributed by atoms with Gasteiger partial charge in [0, 0.05) is 18.9 Å². The number of carbonyl (C=O) groups is 2. The standard InChI is InChI=1S/C21H17F3N2O5/c1-26-11-16(18(30-2)17(26)20(28)29)19(27)25-13-5-9-15(10-6-13)31-14-7-3-12(4-8-14)21(22,23)24/h3-11H,1-2H3,(H,25,27)(H,28,29). The molecule has 0 unspecified atom stereocenters. The number of aromatic carboxylic acids is 1. The number of hydrogen-bond donors (Lipinski definition) is 2. The molecule has 0 bridgehead atoms. The number of anilines is 1. The van der Waals surface area contributed by atoms with Gasteiger partial charge in [-0.2, -0.15) is 13.2 Å². The summed E-state index contributed by atoms with van der Waals surface area (Å²) in [4.78, 5) is 23.9. The molecule has 1 heterocycles. The van der Waals surface area contributed by atoms with Gasteiger partial charge >= 0.3 is 12.1 Å². The van der Waals surface area contributed by atoms with Crippen LogP contribution in [0, 0.1) is 0 Å². The Bertz CT molecular complexity index is 1100. The third-order valence-corrected chi connectivity index (χ3v) is 4.32. The molecule has 0 aliphatic heterocycles. The van der Waals surface area contributed by atoms with E-state index in [4.69, 9.17) is 9.47 Å². The third-order valence-electron chi connectivity index (χ3n) is 4.32. The fourth-order valence-corrected chi connectivity index (χ4v) is 2.87. The number of nitrogens with one attached hydrogen (secondary N) is 1. The number of aromatic nitrogens is 1. The Morgan fingerprint density at radius 1 is 1.00 bits per heavy atom. The van der Waals surface area contributed by atoms with Gasteiger partial charge in [-0.05, 0) is 48.5 Å². The summed E-state index contributed by atoms with van der Waals surface area (Å²) in [6.45, 7) is 0. The van der Waals surface area contributed by atoms with Crippen molar-refractivity contribution in [2.24, 2.45) is 7.05 Å². The molecule has 31 heavy (non-hydrogen) atoms. The number of benzene rings is 2. The van der Waals surface area contributed by atoms with E-state index in [9.17, 15) is 27.9 Å². The molecule has 3 aromatic rings. The summed E-state index contributed by atoms with van der Waals surface area (Å²) in [5, 5.41) is 11.9. The zero-order valence-electron chi connectivity index (χ0n) is 16.4. The minimum atomic E-state index is -4.43. The zero-order chi connectivity index (χ0) is 22.8. The second kappa shape index (κ2) is 8.42. The van der Waals surface area contributed by atoms with E-state index in [1.165, 1.54) is 61.3 Å². The number of carboxylic acids is 1. The highest BCUT2D eigenvalue weighted by Gasteiger charge is 2.30. The van der Waals surface area contributed by atoms with Gasteiger partial charge in [0.05, 0.1) is 12.7 Å². The Hall–Kier alpha value is -3.95. The van der Waals surface area contributed by atoms with E-state index < -0.39 is 23.6 Å². The lowest BCUT2D eigenvalue weighted by Gasteiger charge is -2.10. The quantitative estimate of drug-likeness (QED) is 0.582. The largest absolute Gasteiger partial charge is 0.493 e. The van der Waals surface area contributed by atoms with E-state index in [1.54, 1.807) is 0 Å². The molecule has 0 saturated heterocycles. The predicted molar refractivity (Wildman–Crippen MR) is 105 cm³/mol. The van der Waals surface area contributed by atoms with Crippen molar-refractivity contribution in [1.82, 2.24) is 4.57 Å². The summed E-state index contributed by atoms with van der Waals surface area (Å²) >= 11 is 0. The lowest BCUT2D eigenvalue weighted by atomic mass is 10.2. The van der Waals surface area contributed by atoms with E-state index in [2.05, 4.69) is 5.32 Å². The van der Waals surface area contributed by atoms with E-state index in [0.29, 0.717) is 11.4 Å². The molecule has 3 rings (SSSR count). The van der Waals surface area contributed by atoms with Crippen LogP contribution in [0.2, 0.25) is 0 Å². The first kappa shape index (κ1) is 21.8. The van der Waals surface area contributed by atoms with E-state index in [0.717, 1.165) is 12.1 Å². The minimum absolute atomic E-state index is 0.0486. The van der Waals surface area contributed by atoms with Gasteiger partial charge in [0.2, 0.25) is 0 Å². The second-order valence-electron chi connectivity index (χ2n) is 6.44. The summed E-state index contributed by atoms with van der Waals surface area (Å²) in [6.07, 6.45) is -3.08. The number of alkyl halides is 3. The summed E-state index contributed by atoms with van der Waals surface area (Å²) in [5.74, 6) is -1.29. The smallest absolute Gasteiger partial charge is 0.416 e. The number of aryl methyl sites for hydroxylation is 1. The monoisotopic (exact) mass is 434 g/mol. The Balaban J connectivity index is 1.70. The number of rotatable bonds is 6. The average Bonchev–Trinajstić information content (AvgIpc) is 3.06. The normalized spacial score (nSPS) is 11.1. The van der Waals surface area contributed by atoms with Gasteiger partial charge in [-0.15, -0.1) is 0 Å². The fourth-order valence-electron chi connectivity index (χ4n) is 2.87.